The Morgan fingerprint density at radius 1 is 1.21 bits per heavy atom. The number of aromatic nitrogens is 1. The number of benzene rings is 1. The Balaban J connectivity index is 1.78. The Morgan fingerprint density at radius 3 is 2.84 bits per heavy atom. The fourth-order valence-corrected chi connectivity index (χ4v) is 2.99. The van der Waals surface area contributed by atoms with E-state index in [4.69, 9.17) is 0 Å². The molecule has 1 saturated heterocycles. The maximum Gasteiger partial charge on any atom is 0.0375 e. The van der Waals surface area contributed by atoms with E-state index < -0.39 is 0 Å². The zero-order chi connectivity index (χ0) is 13.1. The molecular weight excluding hydrogens is 232 g/mol. The maximum absolute atomic E-state index is 4.30. The molecule has 1 aromatic heterocycles. The molecule has 1 atom stereocenters. The number of hydrogen-bond acceptors (Lipinski definition) is 2. The average molecular weight is 252 g/mol. The first-order valence-corrected chi connectivity index (χ1v) is 7.03. The lowest BCUT2D eigenvalue weighted by atomic mass is 10.0. The first kappa shape index (κ1) is 12.4. The Kier molecular flexibility index (Phi) is 3.60. The third kappa shape index (κ3) is 2.85. The van der Waals surface area contributed by atoms with E-state index in [1.165, 1.54) is 30.5 Å². The van der Waals surface area contributed by atoms with Crippen LogP contribution >= 0.6 is 0 Å². The molecular formula is C17H20N2. The molecule has 2 nitrogen and oxygen atoms in total. The van der Waals surface area contributed by atoms with Gasteiger partial charge in [0.05, 0.1) is 0 Å². The Bertz CT molecular complexity index is 536. The van der Waals surface area contributed by atoms with Crippen molar-refractivity contribution in [3.63, 3.8) is 0 Å². The van der Waals surface area contributed by atoms with Crippen molar-refractivity contribution < 1.29 is 0 Å². The van der Waals surface area contributed by atoms with Crippen LogP contribution in [0.1, 0.15) is 35.7 Å². The summed E-state index contributed by atoms with van der Waals surface area (Å²) >= 11 is 0. The predicted molar refractivity (Wildman–Crippen MR) is 77.8 cm³/mol. The van der Waals surface area contributed by atoms with Gasteiger partial charge in [0, 0.05) is 24.5 Å². The van der Waals surface area contributed by atoms with Gasteiger partial charge >= 0.3 is 0 Å². The van der Waals surface area contributed by atoms with Gasteiger partial charge in [-0.15, -0.1) is 0 Å². The highest BCUT2D eigenvalue weighted by molar-refractivity contribution is 5.22. The van der Waals surface area contributed by atoms with Gasteiger partial charge in [-0.25, -0.2) is 0 Å². The summed E-state index contributed by atoms with van der Waals surface area (Å²) < 4.78 is 0. The normalized spacial score (nSPS) is 19.7. The topological polar surface area (TPSA) is 16.1 Å². The van der Waals surface area contributed by atoms with E-state index in [-0.39, 0.29) is 0 Å². The lowest BCUT2D eigenvalue weighted by Crippen LogP contribution is -2.22. The average Bonchev–Trinajstić information content (AvgIpc) is 2.88. The van der Waals surface area contributed by atoms with Gasteiger partial charge in [0.15, 0.2) is 0 Å². The molecule has 2 heteroatoms. The molecule has 2 aromatic rings. The number of aryl methyl sites for hydroxylation is 1. The van der Waals surface area contributed by atoms with Gasteiger partial charge in [0.1, 0.15) is 0 Å². The van der Waals surface area contributed by atoms with Crippen molar-refractivity contribution >= 4 is 0 Å². The third-order valence-electron chi connectivity index (χ3n) is 3.90. The zero-order valence-electron chi connectivity index (χ0n) is 11.4. The highest BCUT2D eigenvalue weighted by Gasteiger charge is 2.25. The molecule has 1 aliphatic rings. The van der Waals surface area contributed by atoms with Crippen LogP contribution in [0.25, 0.3) is 0 Å². The van der Waals surface area contributed by atoms with Crippen molar-refractivity contribution in [1.82, 2.24) is 9.88 Å². The maximum atomic E-state index is 4.30. The Hall–Kier alpha value is -1.67. The number of nitrogens with zero attached hydrogens (tertiary/aromatic N) is 2. The molecule has 0 amide bonds. The van der Waals surface area contributed by atoms with E-state index in [1.807, 2.05) is 6.20 Å². The Morgan fingerprint density at radius 2 is 2.05 bits per heavy atom. The second kappa shape index (κ2) is 5.54. The van der Waals surface area contributed by atoms with E-state index in [9.17, 15) is 0 Å². The van der Waals surface area contributed by atoms with E-state index in [0.717, 1.165) is 12.2 Å². The summed E-state index contributed by atoms with van der Waals surface area (Å²) in [5.74, 6) is 0. The molecule has 0 spiro atoms. The fraction of sp³-hybridized carbons (Fsp3) is 0.353. The van der Waals surface area contributed by atoms with Crippen LogP contribution in [0.4, 0.5) is 0 Å². The molecule has 3 rings (SSSR count). The van der Waals surface area contributed by atoms with Crippen molar-refractivity contribution in [1.29, 1.82) is 0 Å². The van der Waals surface area contributed by atoms with Crippen LogP contribution in [0.15, 0.2) is 48.7 Å². The summed E-state index contributed by atoms with van der Waals surface area (Å²) in [7, 11) is 0. The van der Waals surface area contributed by atoms with Gasteiger partial charge in [-0.2, -0.15) is 0 Å². The van der Waals surface area contributed by atoms with Crippen molar-refractivity contribution in [2.75, 3.05) is 6.54 Å². The molecule has 1 aromatic carbocycles. The standard InChI is InChI=1S/C17H20N2/c1-14-12-16(9-10-18-14)17-8-5-11-19(17)13-15-6-3-2-4-7-15/h2-4,6-7,9-10,12,17H,5,8,11,13H2,1H3/t17-/m1/s1. The first-order chi connectivity index (χ1) is 9.33. The SMILES string of the molecule is Cc1cc([C@H]2CCCN2Cc2ccccc2)ccn1. The monoisotopic (exact) mass is 252 g/mol. The summed E-state index contributed by atoms with van der Waals surface area (Å²) in [6.07, 6.45) is 4.48. The number of rotatable bonds is 3. The molecule has 0 bridgehead atoms. The van der Waals surface area contributed by atoms with Gasteiger partial charge in [-0.1, -0.05) is 30.3 Å². The van der Waals surface area contributed by atoms with E-state index in [1.54, 1.807) is 0 Å². The molecule has 1 aliphatic heterocycles. The third-order valence-corrected chi connectivity index (χ3v) is 3.90. The summed E-state index contributed by atoms with van der Waals surface area (Å²) in [6, 6.07) is 15.7. The lowest BCUT2D eigenvalue weighted by Gasteiger charge is -2.25. The minimum Gasteiger partial charge on any atom is -0.292 e. The zero-order valence-corrected chi connectivity index (χ0v) is 11.4. The second-order valence-electron chi connectivity index (χ2n) is 5.34. The van der Waals surface area contributed by atoms with Crippen LogP contribution in [0, 0.1) is 6.92 Å². The highest BCUT2D eigenvalue weighted by Crippen LogP contribution is 2.33. The van der Waals surface area contributed by atoms with Crippen LogP contribution in [-0.4, -0.2) is 16.4 Å². The molecule has 2 heterocycles. The molecule has 0 radical (unpaired) electrons. The van der Waals surface area contributed by atoms with Gasteiger partial charge in [0.25, 0.3) is 0 Å². The molecule has 0 saturated carbocycles. The van der Waals surface area contributed by atoms with Gasteiger partial charge in [-0.3, -0.25) is 9.88 Å². The van der Waals surface area contributed by atoms with Crippen LogP contribution in [0.5, 0.6) is 0 Å². The first-order valence-electron chi connectivity index (χ1n) is 7.03. The fourth-order valence-electron chi connectivity index (χ4n) is 2.99. The van der Waals surface area contributed by atoms with Crippen LogP contribution < -0.4 is 0 Å². The molecule has 0 N–H and O–H groups in total. The van der Waals surface area contributed by atoms with Gasteiger partial charge in [0.2, 0.25) is 0 Å². The van der Waals surface area contributed by atoms with Gasteiger partial charge < -0.3 is 0 Å². The summed E-state index contributed by atoms with van der Waals surface area (Å²) in [5, 5.41) is 0. The van der Waals surface area contributed by atoms with E-state index in [0.29, 0.717) is 6.04 Å². The molecule has 1 fully saturated rings. The number of hydrogen-bond donors (Lipinski definition) is 0. The second-order valence-corrected chi connectivity index (χ2v) is 5.34. The lowest BCUT2D eigenvalue weighted by molar-refractivity contribution is 0.248. The molecule has 0 unspecified atom stereocenters. The van der Waals surface area contributed by atoms with Gasteiger partial charge in [-0.05, 0) is 49.6 Å². The van der Waals surface area contributed by atoms with Crippen molar-refractivity contribution in [2.45, 2.75) is 32.4 Å². The van der Waals surface area contributed by atoms with Crippen LogP contribution in [-0.2, 0) is 6.54 Å². The van der Waals surface area contributed by atoms with Crippen molar-refractivity contribution in [3.8, 4) is 0 Å². The van der Waals surface area contributed by atoms with E-state index >= 15 is 0 Å². The molecule has 19 heavy (non-hydrogen) atoms. The van der Waals surface area contributed by atoms with Crippen molar-refractivity contribution in [3.05, 3.63) is 65.5 Å². The molecule has 0 aliphatic carbocycles. The Labute approximate surface area is 115 Å². The quantitative estimate of drug-likeness (QED) is 0.827. The smallest absolute Gasteiger partial charge is 0.0375 e. The van der Waals surface area contributed by atoms with E-state index in [2.05, 4.69) is 59.3 Å². The number of likely N-dealkylation sites (tertiary alicyclic amines) is 1. The number of pyridine rings is 1. The minimum atomic E-state index is 0.557. The van der Waals surface area contributed by atoms with Crippen molar-refractivity contribution in [2.24, 2.45) is 0 Å². The minimum absolute atomic E-state index is 0.557. The highest BCUT2D eigenvalue weighted by atomic mass is 15.2. The van der Waals surface area contributed by atoms with Crippen LogP contribution in [0.2, 0.25) is 0 Å². The summed E-state index contributed by atoms with van der Waals surface area (Å²) in [4.78, 5) is 6.89. The predicted octanol–water partition coefficient (Wildman–Crippen LogP) is 3.73. The summed E-state index contributed by atoms with van der Waals surface area (Å²) in [5.41, 5.74) is 3.94. The van der Waals surface area contributed by atoms with Crippen LogP contribution in [0.3, 0.4) is 0 Å². The summed E-state index contributed by atoms with van der Waals surface area (Å²) in [6.45, 7) is 4.31. The largest absolute Gasteiger partial charge is 0.292 e. The molecule has 98 valence electrons.